The van der Waals surface area contributed by atoms with Crippen molar-refractivity contribution in [2.75, 3.05) is 38.0 Å². The maximum absolute atomic E-state index is 12.9. The third kappa shape index (κ3) is 6.36. The smallest absolute Gasteiger partial charge is 0.238 e. The number of nitrogens with one attached hydrogen (secondary N) is 1. The molecule has 2 aliphatic rings. The third-order valence-electron chi connectivity index (χ3n) is 6.35. The van der Waals surface area contributed by atoms with Gasteiger partial charge in [0.15, 0.2) is 0 Å². The Labute approximate surface area is 195 Å². The first-order valence-corrected chi connectivity index (χ1v) is 12.6. The molecule has 2 amide bonds. The van der Waals surface area contributed by atoms with Crippen molar-refractivity contribution in [2.45, 2.75) is 48.3 Å². The van der Waals surface area contributed by atoms with Gasteiger partial charge < -0.3 is 10.2 Å². The van der Waals surface area contributed by atoms with E-state index in [1.54, 1.807) is 11.8 Å². The number of nitrogens with zero attached hydrogens (tertiary/aromatic N) is 2. The third-order valence-corrected chi connectivity index (χ3v) is 7.44. The molecule has 0 atom stereocenters. The second-order valence-corrected chi connectivity index (χ2v) is 9.86. The van der Waals surface area contributed by atoms with Gasteiger partial charge in [0.1, 0.15) is 0 Å². The van der Waals surface area contributed by atoms with Crippen molar-refractivity contribution in [1.29, 1.82) is 0 Å². The zero-order valence-corrected chi connectivity index (χ0v) is 19.5. The molecule has 2 aromatic rings. The molecule has 4 rings (SSSR count). The van der Waals surface area contributed by atoms with Gasteiger partial charge >= 0.3 is 0 Å². The number of carbonyl (C=O) groups excluding carboxylic acids is 2. The van der Waals surface area contributed by atoms with E-state index in [2.05, 4.69) is 27.2 Å². The summed E-state index contributed by atoms with van der Waals surface area (Å²) >= 11 is 1.65. The minimum atomic E-state index is 0.00315. The first-order chi connectivity index (χ1) is 15.7. The van der Waals surface area contributed by atoms with Crippen molar-refractivity contribution in [3.63, 3.8) is 0 Å². The maximum atomic E-state index is 12.9. The van der Waals surface area contributed by atoms with Gasteiger partial charge in [0, 0.05) is 28.8 Å². The Morgan fingerprint density at radius 1 is 0.844 bits per heavy atom. The molecule has 5 nitrogen and oxygen atoms in total. The average molecular weight is 452 g/mol. The lowest BCUT2D eigenvalue weighted by Gasteiger charge is -2.33. The highest BCUT2D eigenvalue weighted by Gasteiger charge is 2.29. The van der Waals surface area contributed by atoms with Crippen LogP contribution in [0.5, 0.6) is 0 Å². The molecule has 0 radical (unpaired) electrons. The molecule has 2 fully saturated rings. The minimum absolute atomic E-state index is 0.00315. The zero-order chi connectivity index (χ0) is 22.2. The number of carbonyl (C=O) groups is 2. The quantitative estimate of drug-likeness (QED) is 0.679. The van der Waals surface area contributed by atoms with E-state index in [0.29, 0.717) is 12.5 Å². The van der Waals surface area contributed by atoms with Crippen LogP contribution in [0.4, 0.5) is 5.69 Å². The number of para-hydroxylation sites is 1. The van der Waals surface area contributed by atoms with Crippen molar-refractivity contribution in [2.24, 2.45) is 5.92 Å². The van der Waals surface area contributed by atoms with Crippen LogP contribution in [0.25, 0.3) is 0 Å². The minimum Gasteiger partial charge on any atom is -0.342 e. The molecule has 2 saturated heterocycles. The zero-order valence-electron chi connectivity index (χ0n) is 18.7. The van der Waals surface area contributed by atoms with Crippen molar-refractivity contribution >= 4 is 29.3 Å². The Balaban J connectivity index is 1.26. The molecule has 0 bridgehead atoms. The van der Waals surface area contributed by atoms with Crippen molar-refractivity contribution in [3.8, 4) is 0 Å². The second-order valence-electron chi connectivity index (χ2n) is 8.75. The highest BCUT2D eigenvalue weighted by Crippen LogP contribution is 2.33. The largest absolute Gasteiger partial charge is 0.342 e. The van der Waals surface area contributed by atoms with E-state index in [-0.39, 0.29) is 11.8 Å². The van der Waals surface area contributed by atoms with Crippen LogP contribution in [0.15, 0.2) is 64.4 Å². The Morgan fingerprint density at radius 3 is 2.22 bits per heavy atom. The lowest BCUT2D eigenvalue weighted by Crippen LogP contribution is -2.44. The number of hydrogen-bond donors (Lipinski definition) is 1. The van der Waals surface area contributed by atoms with E-state index in [9.17, 15) is 9.59 Å². The fourth-order valence-corrected chi connectivity index (χ4v) is 5.48. The summed E-state index contributed by atoms with van der Waals surface area (Å²) in [7, 11) is 0. The van der Waals surface area contributed by atoms with E-state index in [0.717, 1.165) is 67.3 Å². The molecule has 6 heteroatoms. The van der Waals surface area contributed by atoms with Crippen molar-refractivity contribution in [1.82, 2.24) is 9.80 Å². The van der Waals surface area contributed by atoms with Gasteiger partial charge in [0.25, 0.3) is 0 Å². The number of benzene rings is 2. The summed E-state index contributed by atoms with van der Waals surface area (Å²) in [6, 6.07) is 18.1. The standard InChI is InChI=1S/C26H33N3O2S/c30-25(27-23-12-6-7-13-24(23)32-22-10-4-3-5-11-22)20-28-18-14-21(15-19-28)26(31)29-16-8-1-2-9-17-29/h3-7,10-13,21H,1-2,8-9,14-20H2,(H,27,30). The van der Waals surface area contributed by atoms with Crippen molar-refractivity contribution in [3.05, 3.63) is 54.6 Å². The van der Waals surface area contributed by atoms with Gasteiger partial charge in [-0.15, -0.1) is 0 Å². The van der Waals surface area contributed by atoms with E-state index in [1.165, 1.54) is 12.8 Å². The van der Waals surface area contributed by atoms with Crippen LogP contribution in [0.1, 0.15) is 38.5 Å². The van der Waals surface area contributed by atoms with E-state index in [4.69, 9.17) is 0 Å². The number of hydrogen-bond acceptors (Lipinski definition) is 4. The number of amides is 2. The monoisotopic (exact) mass is 451 g/mol. The van der Waals surface area contributed by atoms with Gasteiger partial charge in [-0.1, -0.05) is 54.9 Å². The summed E-state index contributed by atoms with van der Waals surface area (Å²) < 4.78 is 0. The lowest BCUT2D eigenvalue weighted by atomic mass is 9.95. The van der Waals surface area contributed by atoms with Crippen LogP contribution in [0.2, 0.25) is 0 Å². The highest BCUT2D eigenvalue weighted by molar-refractivity contribution is 7.99. The molecule has 0 spiro atoms. The molecule has 2 aliphatic heterocycles. The van der Waals surface area contributed by atoms with Gasteiger partial charge in [0.2, 0.25) is 11.8 Å². The Morgan fingerprint density at radius 2 is 1.50 bits per heavy atom. The number of likely N-dealkylation sites (tertiary alicyclic amines) is 2. The highest BCUT2D eigenvalue weighted by atomic mass is 32.2. The van der Waals surface area contributed by atoms with E-state index >= 15 is 0 Å². The maximum Gasteiger partial charge on any atom is 0.238 e. The molecule has 0 saturated carbocycles. The Kier molecular flexibility index (Phi) is 8.24. The number of rotatable bonds is 6. The predicted molar refractivity (Wildman–Crippen MR) is 130 cm³/mol. The van der Waals surface area contributed by atoms with E-state index in [1.807, 2.05) is 42.5 Å². The van der Waals surface area contributed by atoms with Gasteiger partial charge in [0.05, 0.1) is 12.2 Å². The first-order valence-electron chi connectivity index (χ1n) is 11.8. The van der Waals surface area contributed by atoms with Gasteiger partial charge in [-0.25, -0.2) is 0 Å². The average Bonchev–Trinajstić information content (AvgIpc) is 3.11. The molecule has 0 aliphatic carbocycles. The molecule has 0 unspecified atom stereocenters. The number of piperidine rings is 1. The van der Waals surface area contributed by atoms with Gasteiger partial charge in [-0.2, -0.15) is 0 Å². The fourth-order valence-electron chi connectivity index (χ4n) is 4.55. The van der Waals surface area contributed by atoms with Crippen molar-refractivity contribution < 1.29 is 9.59 Å². The fraction of sp³-hybridized carbons (Fsp3) is 0.462. The SMILES string of the molecule is O=C(CN1CCC(C(=O)N2CCCCCC2)CC1)Nc1ccccc1Sc1ccccc1. The Hall–Kier alpha value is -2.31. The lowest BCUT2D eigenvalue weighted by molar-refractivity contribution is -0.137. The van der Waals surface area contributed by atoms with Crippen LogP contribution in [-0.4, -0.2) is 54.3 Å². The summed E-state index contributed by atoms with van der Waals surface area (Å²) in [5, 5.41) is 3.09. The van der Waals surface area contributed by atoms with Crippen LogP contribution >= 0.6 is 11.8 Å². The summed E-state index contributed by atoms with van der Waals surface area (Å²) in [6.45, 7) is 3.81. The van der Waals surface area contributed by atoms with Gasteiger partial charge in [-0.05, 0) is 63.0 Å². The predicted octanol–water partition coefficient (Wildman–Crippen LogP) is 4.89. The molecule has 170 valence electrons. The summed E-state index contributed by atoms with van der Waals surface area (Å²) in [5.41, 5.74) is 0.845. The summed E-state index contributed by atoms with van der Waals surface area (Å²) in [6.07, 6.45) is 6.45. The second kappa shape index (κ2) is 11.5. The topological polar surface area (TPSA) is 52.7 Å². The molecule has 2 heterocycles. The van der Waals surface area contributed by atoms with E-state index < -0.39 is 0 Å². The summed E-state index contributed by atoms with van der Waals surface area (Å²) in [5.74, 6) is 0.460. The molecular weight excluding hydrogens is 418 g/mol. The van der Waals surface area contributed by atoms with Crippen LogP contribution in [0, 0.1) is 5.92 Å². The molecule has 2 aromatic carbocycles. The Bertz CT molecular complexity index is 889. The van der Waals surface area contributed by atoms with Gasteiger partial charge in [-0.3, -0.25) is 14.5 Å². The first kappa shape index (κ1) is 22.9. The molecule has 0 aromatic heterocycles. The normalized spacial score (nSPS) is 18.2. The number of anilines is 1. The van der Waals surface area contributed by atoms with Crippen LogP contribution in [-0.2, 0) is 9.59 Å². The van der Waals surface area contributed by atoms with Crippen LogP contribution in [0.3, 0.4) is 0 Å². The van der Waals surface area contributed by atoms with Crippen LogP contribution < -0.4 is 5.32 Å². The molecule has 1 N–H and O–H groups in total. The summed E-state index contributed by atoms with van der Waals surface area (Å²) in [4.78, 5) is 32.1. The molecular formula is C26H33N3O2S. The molecule has 32 heavy (non-hydrogen) atoms.